The van der Waals surface area contributed by atoms with Gasteiger partial charge in [-0.2, -0.15) is 12.6 Å². The summed E-state index contributed by atoms with van der Waals surface area (Å²) < 4.78 is 0. The van der Waals surface area contributed by atoms with Gasteiger partial charge >= 0.3 is 5.97 Å². The van der Waals surface area contributed by atoms with Gasteiger partial charge in [-0.15, -0.1) is 0 Å². The number of primary amides is 1. The van der Waals surface area contributed by atoms with Crippen molar-refractivity contribution in [3.63, 3.8) is 0 Å². The number of carbonyl (C=O) groups is 5. The number of nitrogens with two attached hydrogens (primary N) is 2. The standard InChI is InChI=1S/C17H31N5O7S/c1-4-7(2)12(19)16(27)21-10(6-30)15(26)20-9(5-11(18)24)14(25)22-13(8(3)23)17(28)29/h7-10,12-13,23,30H,4-6,19H2,1-3H3,(H2,18,24)(H,20,26)(H,21,27)(H,22,25)(H,28,29). The zero-order valence-corrected chi connectivity index (χ0v) is 18.0. The van der Waals surface area contributed by atoms with Gasteiger partial charge in [0.1, 0.15) is 12.1 Å². The third kappa shape index (κ3) is 8.97. The zero-order chi connectivity index (χ0) is 23.6. The number of aliphatic hydroxyl groups excluding tert-OH is 1. The van der Waals surface area contributed by atoms with E-state index in [0.717, 1.165) is 6.92 Å². The fourth-order valence-corrected chi connectivity index (χ4v) is 2.56. The lowest BCUT2D eigenvalue weighted by Gasteiger charge is -2.25. The minimum absolute atomic E-state index is 0.138. The van der Waals surface area contributed by atoms with Crippen molar-refractivity contribution in [3.05, 3.63) is 0 Å². The van der Waals surface area contributed by atoms with Crippen molar-refractivity contribution in [1.29, 1.82) is 0 Å². The largest absolute Gasteiger partial charge is 0.480 e. The van der Waals surface area contributed by atoms with Crippen LogP contribution in [-0.4, -0.2) is 75.8 Å². The van der Waals surface area contributed by atoms with E-state index in [4.69, 9.17) is 16.6 Å². The summed E-state index contributed by atoms with van der Waals surface area (Å²) in [6.45, 7) is 4.77. The van der Waals surface area contributed by atoms with Gasteiger partial charge in [-0.1, -0.05) is 20.3 Å². The van der Waals surface area contributed by atoms with E-state index >= 15 is 0 Å². The normalized spacial score (nSPS) is 16.9. The number of hydrogen-bond donors (Lipinski definition) is 8. The first-order valence-corrected chi connectivity index (χ1v) is 9.95. The first-order valence-electron chi connectivity index (χ1n) is 9.32. The Kier molecular flexibility index (Phi) is 12.0. The monoisotopic (exact) mass is 449 g/mol. The molecule has 6 unspecified atom stereocenters. The number of hydrogen-bond acceptors (Lipinski definition) is 8. The van der Waals surface area contributed by atoms with Crippen LogP contribution in [0, 0.1) is 5.92 Å². The molecule has 0 aromatic heterocycles. The number of carboxylic acids is 1. The molecule has 0 radical (unpaired) electrons. The van der Waals surface area contributed by atoms with Crippen molar-refractivity contribution in [3.8, 4) is 0 Å². The molecule has 0 heterocycles. The Morgan fingerprint density at radius 3 is 1.87 bits per heavy atom. The van der Waals surface area contributed by atoms with Crippen LogP contribution in [0.1, 0.15) is 33.6 Å². The smallest absolute Gasteiger partial charge is 0.328 e. The molecule has 13 heteroatoms. The minimum atomic E-state index is -1.67. The van der Waals surface area contributed by atoms with Crippen LogP contribution in [0.5, 0.6) is 0 Å². The molecule has 0 aromatic rings. The maximum absolute atomic E-state index is 12.5. The second kappa shape index (κ2) is 13.0. The summed E-state index contributed by atoms with van der Waals surface area (Å²) in [5, 5.41) is 25.2. The number of aliphatic carboxylic acids is 1. The summed E-state index contributed by atoms with van der Waals surface area (Å²) in [7, 11) is 0. The van der Waals surface area contributed by atoms with E-state index in [1.807, 2.05) is 12.2 Å². The Labute approximate surface area is 179 Å². The molecule has 0 spiro atoms. The highest BCUT2D eigenvalue weighted by Crippen LogP contribution is 2.06. The highest BCUT2D eigenvalue weighted by Gasteiger charge is 2.32. The quantitative estimate of drug-likeness (QED) is 0.136. The van der Waals surface area contributed by atoms with Crippen LogP contribution >= 0.6 is 12.6 Å². The second-order valence-electron chi connectivity index (χ2n) is 6.95. The maximum Gasteiger partial charge on any atom is 0.328 e. The Balaban J connectivity index is 5.31. The molecular weight excluding hydrogens is 418 g/mol. The molecule has 0 aliphatic rings. The first kappa shape index (κ1) is 27.6. The molecule has 30 heavy (non-hydrogen) atoms. The molecular formula is C17H31N5O7S. The van der Waals surface area contributed by atoms with E-state index in [1.54, 1.807) is 6.92 Å². The molecule has 172 valence electrons. The SMILES string of the molecule is CCC(C)C(N)C(=O)NC(CS)C(=O)NC(CC(N)=O)C(=O)NC(C(=O)O)C(C)O. The van der Waals surface area contributed by atoms with E-state index in [0.29, 0.717) is 6.42 Å². The molecule has 0 saturated heterocycles. The van der Waals surface area contributed by atoms with Crippen molar-refractivity contribution in [1.82, 2.24) is 16.0 Å². The van der Waals surface area contributed by atoms with Crippen LogP contribution < -0.4 is 27.4 Å². The molecule has 4 amide bonds. The Morgan fingerprint density at radius 1 is 0.967 bits per heavy atom. The molecule has 12 nitrogen and oxygen atoms in total. The van der Waals surface area contributed by atoms with Crippen molar-refractivity contribution in [2.45, 2.75) is 63.9 Å². The molecule has 9 N–H and O–H groups in total. The molecule has 0 rings (SSSR count). The van der Waals surface area contributed by atoms with Crippen LogP contribution in [0.25, 0.3) is 0 Å². The van der Waals surface area contributed by atoms with Gasteiger partial charge in [0.05, 0.1) is 18.6 Å². The lowest BCUT2D eigenvalue weighted by atomic mass is 9.99. The number of carboxylic acid groups (broad SMARTS) is 1. The maximum atomic E-state index is 12.5. The summed E-state index contributed by atoms with van der Waals surface area (Å²) >= 11 is 4.01. The Morgan fingerprint density at radius 2 is 1.47 bits per heavy atom. The number of amides is 4. The summed E-state index contributed by atoms with van der Waals surface area (Å²) in [6, 6.07) is -5.24. The van der Waals surface area contributed by atoms with E-state index in [2.05, 4.69) is 23.3 Å². The van der Waals surface area contributed by atoms with Crippen LogP contribution in [0.4, 0.5) is 0 Å². The van der Waals surface area contributed by atoms with Crippen molar-refractivity contribution >= 4 is 42.2 Å². The zero-order valence-electron chi connectivity index (χ0n) is 17.1. The van der Waals surface area contributed by atoms with Gasteiger partial charge in [0.2, 0.25) is 23.6 Å². The lowest BCUT2D eigenvalue weighted by molar-refractivity contribution is -0.145. The lowest BCUT2D eigenvalue weighted by Crippen LogP contribution is -2.59. The highest BCUT2D eigenvalue weighted by molar-refractivity contribution is 7.80. The Hall–Kier alpha value is -2.38. The van der Waals surface area contributed by atoms with E-state index < -0.39 is 66.3 Å². The third-order valence-electron chi connectivity index (χ3n) is 4.46. The summed E-state index contributed by atoms with van der Waals surface area (Å²) in [5.41, 5.74) is 10.9. The third-order valence-corrected chi connectivity index (χ3v) is 4.82. The van der Waals surface area contributed by atoms with Gasteiger partial charge in [0, 0.05) is 5.75 Å². The molecule has 0 saturated carbocycles. The van der Waals surface area contributed by atoms with E-state index in [-0.39, 0.29) is 11.7 Å². The first-order chi connectivity index (χ1) is 13.8. The van der Waals surface area contributed by atoms with Gasteiger partial charge in [-0.25, -0.2) is 4.79 Å². The summed E-state index contributed by atoms with van der Waals surface area (Å²) in [4.78, 5) is 59.5. The molecule has 0 aromatic carbocycles. The molecule has 0 aliphatic carbocycles. The highest BCUT2D eigenvalue weighted by atomic mass is 32.1. The minimum Gasteiger partial charge on any atom is -0.480 e. The van der Waals surface area contributed by atoms with Crippen molar-refractivity contribution < 1.29 is 34.2 Å². The van der Waals surface area contributed by atoms with E-state index in [1.165, 1.54) is 0 Å². The van der Waals surface area contributed by atoms with Crippen molar-refractivity contribution in [2.24, 2.45) is 17.4 Å². The number of nitrogens with one attached hydrogen (secondary N) is 3. The van der Waals surface area contributed by atoms with Gasteiger partial charge in [0.15, 0.2) is 6.04 Å². The molecule has 0 fully saturated rings. The van der Waals surface area contributed by atoms with Gasteiger partial charge in [-0.3, -0.25) is 19.2 Å². The topological polar surface area (TPSA) is 214 Å². The average Bonchev–Trinajstić information content (AvgIpc) is 2.66. The van der Waals surface area contributed by atoms with Crippen LogP contribution in [0.3, 0.4) is 0 Å². The molecule has 0 bridgehead atoms. The fraction of sp³-hybridized carbons (Fsp3) is 0.706. The summed E-state index contributed by atoms with van der Waals surface area (Å²) in [6.07, 6.45) is -1.44. The summed E-state index contributed by atoms with van der Waals surface area (Å²) in [5.74, 6) is -5.21. The molecule has 6 atom stereocenters. The average molecular weight is 450 g/mol. The van der Waals surface area contributed by atoms with Gasteiger partial charge in [0.25, 0.3) is 0 Å². The van der Waals surface area contributed by atoms with Crippen molar-refractivity contribution in [2.75, 3.05) is 5.75 Å². The van der Waals surface area contributed by atoms with E-state index in [9.17, 15) is 29.1 Å². The predicted octanol–water partition coefficient (Wildman–Crippen LogP) is -2.92. The second-order valence-corrected chi connectivity index (χ2v) is 7.32. The number of carbonyl (C=O) groups excluding carboxylic acids is 4. The predicted molar refractivity (Wildman–Crippen MR) is 110 cm³/mol. The number of aliphatic hydroxyl groups is 1. The number of thiol groups is 1. The van der Waals surface area contributed by atoms with Gasteiger partial charge in [-0.05, 0) is 12.8 Å². The van der Waals surface area contributed by atoms with Gasteiger partial charge < -0.3 is 37.6 Å². The van der Waals surface area contributed by atoms with Crippen LogP contribution in [0.15, 0.2) is 0 Å². The number of rotatable bonds is 13. The fourth-order valence-electron chi connectivity index (χ4n) is 2.30. The Bertz CT molecular complexity index is 646. The molecule has 0 aliphatic heterocycles. The van der Waals surface area contributed by atoms with Crippen LogP contribution in [0.2, 0.25) is 0 Å². The van der Waals surface area contributed by atoms with Crippen LogP contribution in [-0.2, 0) is 24.0 Å².